The minimum absolute atomic E-state index is 0.109. The molecule has 1 aliphatic rings. The lowest BCUT2D eigenvalue weighted by Gasteiger charge is -2.35. The lowest BCUT2D eigenvalue weighted by atomic mass is 9.91. The Bertz CT molecular complexity index is 430. The van der Waals surface area contributed by atoms with Crippen LogP contribution in [0.3, 0.4) is 0 Å². The number of hydrogen-bond donors (Lipinski definition) is 1. The molecule has 0 atom stereocenters. The summed E-state index contributed by atoms with van der Waals surface area (Å²) in [6.45, 7) is 5.40. The number of rotatable bonds is 8. The molecular weight excluding hydrogens is 278 g/mol. The predicted octanol–water partition coefficient (Wildman–Crippen LogP) is 2.84. The summed E-state index contributed by atoms with van der Waals surface area (Å²) < 4.78 is 10.9. The number of methoxy groups -OCH3 is 1. The molecule has 1 aromatic carbocycles. The zero-order chi connectivity index (χ0) is 15.8. The van der Waals surface area contributed by atoms with Crippen LogP contribution in [0.2, 0.25) is 0 Å². The van der Waals surface area contributed by atoms with Gasteiger partial charge in [0, 0.05) is 25.7 Å². The van der Waals surface area contributed by atoms with E-state index in [4.69, 9.17) is 9.47 Å². The molecule has 0 saturated heterocycles. The Morgan fingerprint density at radius 2 is 2.00 bits per heavy atom. The summed E-state index contributed by atoms with van der Waals surface area (Å²) in [7, 11) is 1.70. The number of aliphatic hydroxyl groups is 1. The average Bonchev–Trinajstić information content (AvgIpc) is 2.55. The van der Waals surface area contributed by atoms with E-state index in [1.165, 1.54) is 5.56 Å². The Morgan fingerprint density at radius 3 is 2.68 bits per heavy atom. The van der Waals surface area contributed by atoms with Crippen LogP contribution in [0, 0.1) is 0 Å². The summed E-state index contributed by atoms with van der Waals surface area (Å²) in [5.74, 6) is 0.904. The Hall–Kier alpha value is -1.10. The summed E-state index contributed by atoms with van der Waals surface area (Å²) in [6, 6.07) is 8.80. The van der Waals surface area contributed by atoms with Crippen molar-refractivity contribution in [3.63, 3.8) is 0 Å². The standard InChI is InChI=1S/C18H29NO3/c1-3-22-12-11-19(16-7-9-17(20)10-8-16)14-15-5-4-6-18(13-15)21-2/h4-6,13,16-17,20H,3,7-12,14H2,1-2H3. The molecule has 1 aromatic rings. The van der Waals surface area contributed by atoms with E-state index in [2.05, 4.69) is 17.0 Å². The van der Waals surface area contributed by atoms with Crippen molar-refractivity contribution >= 4 is 0 Å². The molecule has 4 heteroatoms. The molecule has 0 amide bonds. The lowest BCUT2D eigenvalue weighted by molar-refractivity contribution is 0.0475. The Labute approximate surface area is 134 Å². The van der Waals surface area contributed by atoms with Gasteiger partial charge in [0.25, 0.3) is 0 Å². The minimum atomic E-state index is -0.109. The molecule has 1 N–H and O–H groups in total. The summed E-state index contributed by atoms with van der Waals surface area (Å²) in [5, 5.41) is 9.72. The first kappa shape index (κ1) is 17.3. The van der Waals surface area contributed by atoms with Gasteiger partial charge in [0.1, 0.15) is 5.75 Å². The van der Waals surface area contributed by atoms with Gasteiger partial charge < -0.3 is 14.6 Å². The second-order valence-corrected chi connectivity index (χ2v) is 5.98. The molecule has 1 fully saturated rings. The molecule has 0 unspecified atom stereocenters. The summed E-state index contributed by atoms with van der Waals surface area (Å²) in [4.78, 5) is 2.50. The maximum atomic E-state index is 9.72. The van der Waals surface area contributed by atoms with E-state index >= 15 is 0 Å². The van der Waals surface area contributed by atoms with Gasteiger partial charge in [-0.1, -0.05) is 12.1 Å². The van der Waals surface area contributed by atoms with E-state index in [0.717, 1.165) is 57.7 Å². The maximum Gasteiger partial charge on any atom is 0.119 e. The molecule has 0 spiro atoms. The van der Waals surface area contributed by atoms with Crippen LogP contribution in [0.25, 0.3) is 0 Å². The van der Waals surface area contributed by atoms with Crippen LogP contribution in [0.5, 0.6) is 5.75 Å². The van der Waals surface area contributed by atoms with Gasteiger partial charge in [-0.15, -0.1) is 0 Å². The van der Waals surface area contributed by atoms with Crippen molar-refractivity contribution in [2.75, 3.05) is 26.9 Å². The summed E-state index contributed by atoms with van der Waals surface area (Å²) >= 11 is 0. The van der Waals surface area contributed by atoms with E-state index in [9.17, 15) is 5.11 Å². The highest BCUT2D eigenvalue weighted by Crippen LogP contribution is 2.25. The first-order chi connectivity index (χ1) is 10.7. The molecule has 0 radical (unpaired) electrons. The van der Waals surface area contributed by atoms with Crippen molar-refractivity contribution in [3.8, 4) is 5.75 Å². The fraction of sp³-hybridized carbons (Fsp3) is 0.667. The van der Waals surface area contributed by atoms with Gasteiger partial charge in [-0.05, 0) is 50.3 Å². The highest BCUT2D eigenvalue weighted by Gasteiger charge is 2.24. The first-order valence-electron chi connectivity index (χ1n) is 8.35. The van der Waals surface area contributed by atoms with E-state index < -0.39 is 0 Å². The minimum Gasteiger partial charge on any atom is -0.497 e. The Balaban J connectivity index is 1.99. The molecule has 1 saturated carbocycles. The van der Waals surface area contributed by atoms with Crippen LogP contribution in [-0.2, 0) is 11.3 Å². The molecule has 4 nitrogen and oxygen atoms in total. The molecule has 1 aliphatic carbocycles. The number of ether oxygens (including phenoxy) is 2. The van der Waals surface area contributed by atoms with Gasteiger partial charge in [-0.25, -0.2) is 0 Å². The molecule has 0 aromatic heterocycles. The number of nitrogens with zero attached hydrogens (tertiary/aromatic N) is 1. The lowest BCUT2D eigenvalue weighted by Crippen LogP contribution is -2.40. The van der Waals surface area contributed by atoms with Gasteiger partial charge in [-0.2, -0.15) is 0 Å². The second-order valence-electron chi connectivity index (χ2n) is 5.98. The zero-order valence-electron chi connectivity index (χ0n) is 13.8. The van der Waals surface area contributed by atoms with Gasteiger partial charge in [0.2, 0.25) is 0 Å². The largest absolute Gasteiger partial charge is 0.497 e. The van der Waals surface area contributed by atoms with E-state index in [1.807, 2.05) is 19.1 Å². The van der Waals surface area contributed by atoms with Crippen LogP contribution in [0.15, 0.2) is 24.3 Å². The Morgan fingerprint density at radius 1 is 1.23 bits per heavy atom. The third kappa shape index (κ3) is 5.27. The van der Waals surface area contributed by atoms with Gasteiger partial charge in [0.05, 0.1) is 19.8 Å². The van der Waals surface area contributed by atoms with Crippen molar-refractivity contribution in [2.45, 2.75) is 51.3 Å². The smallest absolute Gasteiger partial charge is 0.119 e. The second kappa shape index (κ2) is 9.13. The van der Waals surface area contributed by atoms with E-state index in [1.54, 1.807) is 7.11 Å². The number of benzene rings is 1. The van der Waals surface area contributed by atoms with Crippen molar-refractivity contribution in [3.05, 3.63) is 29.8 Å². The van der Waals surface area contributed by atoms with Crippen LogP contribution in [-0.4, -0.2) is 49.0 Å². The third-order valence-corrected chi connectivity index (χ3v) is 4.43. The average molecular weight is 307 g/mol. The fourth-order valence-electron chi connectivity index (χ4n) is 3.15. The third-order valence-electron chi connectivity index (χ3n) is 4.43. The SMILES string of the molecule is CCOCCN(Cc1cccc(OC)c1)C1CCC(O)CC1. The van der Waals surface area contributed by atoms with Gasteiger partial charge >= 0.3 is 0 Å². The fourth-order valence-corrected chi connectivity index (χ4v) is 3.15. The van der Waals surface area contributed by atoms with Crippen molar-refractivity contribution in [1.29, 1.82) is 0 Å². The molecule has 2 rings (SSSR count). The van der Waals surface area contributed by atoms with Gasteiger partial charge in [-0.3, -0.25) is 4.90 Å². The quantitative estimate of drug-likeness (QED) is 0.750. The van der Waals surface area contributed by atoms with E-state index in [-0.39, 0.29) is 6.10 Å². The highest BCUT2D eigenvalue weighted by molar-refractivity contribution is 5.28. The predicted molar refractivity (Wildman–Crippen MR) is 88.2 cm³/mol. The normalized spacial score (nSPS) is 22.0. The van der Waals surface area contributed by atoms with Gasteiger partial charge in [0.15, 0.2) is 0 Å². The molecule has 22 heavy (non-hydrogen) atoms. The first-order valence-corrected chi connectivity index (χ1v) is 8.35. The van der Waals surface area contributed by atoms with Crippen LogP contribution < -0.4 is 4.74 Å². The topological polar surface area (TPSA) is 41.9 Å². The van der Waals surface area contributed by atoms with Crippen molar-refractivity contribution in [1.82, 2.24) is 4.90 Å². The number of hydrogen-bond acceptors (Lipinski definition) is 4. The Kier molecular flexibility index (Phi) is 7.16. The monoisotopic (exact) mass is 307 g/mol. The van der Waals surface area contributed by atoms with E-state index in [0.29, 0.717) is 6.04 Å². The maximum absolute atomic E-state index is 9.72. The van der Waals surface area contributed by atoms with Crippen LogP contribution in [0.1, 0.15) is 38.2 Å². The summed E-state index contributed by atoms with van der Waals surface area (Å²) in [6.07, 6.45) is 3.85. The van der Waals surface area contributed by atoms with Crippen LogP contribution in [0.4, 0.5) is 0 Å². The molecule has 0 heterocycles. The van der Waals surface area contributed by atoms with Crippen LogP contribution >= 0.6 is 0 Å². The van der Waals surface area contributed by atoms with Crippen molar-refractivity contribution in [2.24, 2.45) is 0 Å². The molecular formula is C18H29NO3. The summed E-state index contributed by atoms with van der Waals surface area (Å²) in [5.41, 5.74) is 1.27. The molecule has 0 bridgehead atoms. The van der Waals surface area contributed by atoms with Crippen molar-refractivity contribution < 1.29 is 14.6 Å². The molecule has 124 valence electrons. The number of aliphatic hydroxyl groups excluding tert-OH is 1. The zero-order valence-corrected chi connectivity index (χ0v) is 13.8. The highest BCUT2D eigenvalue weighted by atomic mass is 16.5. The molecule has 0 aliphatic heterocycles.